The fraction of sp³-hybridized carbons (Fsp3) is 0.500. The molecule has 1 rings (SSSR count). The minimum Gasteiger partial charge on any atom is -0.362 e. The number of allylic oxidation sites excluding steroid dienone is 2. The highest BCUT2D eigenvalue weighted by molar-refractivity contribution is 5.71. The van der Waals surface area contributed by atoms with Crippen LogP contribution in [0.15, 0.2) is 17.0 Å². The van der Waals surface area contributed by atoms with E-state index < -0.39 is 5.67 Å². The summed E-state index contributed by atoms with van der Waals surface area (Å²) < 4.78 is 12.8. The highest BCUT2D eigenvalue weighted by atomic mass is 19.1. The van der Waals surface area contributed by atoms with Crippen molar-refractivity contribution in [1.29, 1.82) is 0 Å². The molecule has 0 aromatic carbocycles. The van der Waals surface area contributed by atoms with Crippen molar-refractivity contribution in [3.8, 4) is 0 Å². The maximum absolute atomic E-state index is 12.8. The number of hydrogen-bond acceptors (Lipinski definition) is 2. The fourth-order valence-corrected chi connectivity index (χ4v) is 0.674. The van der Waals surface area contributed by atoms with Crippen LogP contribution in [0.1, 0.15) is 13.8 Å². The summed E-state index contributed by atoms with van der Waals surface area (Å²) in [6, 6.07) is 0. The standard InChI is InChI=1S/C6H8FNO/c1-5-3-6(2,7)4-8-9-5/h3-4H,1-2H3. The smallest absolute Gasteiger partial charge is 0.168 e. The lowest BCUT2D eigenvalue weighted by Gasteiger charge is -2.13. The average molecular weight is 129 g/mol. The van der Waals surface area contributed by atoms with Gasteiger partial charge < -0.3 is 4.84 Å². The van der Waals surface area contributed by atoms with E-state index in [-0.39, 0.29) is 0 Å². The maximum atomic E-state index is 12.8. The van der Waals surface area contributed by atoms with Crippen LogP contribution in [0.5, 0.6) is 0 Å². The number of halogens is 1. The summed E-state index contributed by atoms with van der Waals surface area (Å²) >= 11 is 0. The first-order valence-electron chi connectivity index (χ1n) is 2.70. The van der Waals surface area contributed by atoms with Gasteiger partial charge in [0.2, 0.25) is 0 Å². The monoisotopic (exact) mass is 129 g/mol. The number of hydrogen-bond donors (Lipinski definition) is 0. The fourth-order valence-electron chi connectivity index (χ4n) is 0.674. The molecule has 0 bridgehead atoms. The Morgan fingerprint density at radius 3 is 2.78 bits per heavy atom. The largest absolute Gasteiger partial charge is 0.362 e. The Morgan fingerprint density at radius 1 is 1.78 bits per heavy atom. The van der Waals surface area contributed by atoms with E-state index in [1.165, 1.54) is 13.0 Å². The zero-order valence-corrected chi connectivity index (χ0v) is 5.39. The Kier molecular flexibility index (Phi) is 1.27. The first kappa shape index (κ1) is 6.26. The number of rotatable bonds is 0. The molecule has 0 N–H and O–H groups in total. The van der Waals surface area contributed by atoms with Crippen molar-refractivity contribution in [2.24, 2.45) is 5.16 Å². The van der Waals surface area contributed by atoms with Crippen molar-refractivity contribution in [2.75, 3.05) is 0 Å². The molecule has 0 aromatic rings. The zero-order valence-electron chi connectivity index (χ0n) is 5.39. The second kappa shape index (κ2) is 1.83. The minimum absolute atomic E-state index is 0.502. The normalized spacial score (nSPS) is 33.4. The van der Waals surface area contributed by atoms with Gasteiger partial charge in [0.15, 0.2) is 5.67 Å². The summed E-state index contributed by atoms with van der Waals surface area (Å²) in [6.07, 6.45) is 2.50. The van der Waals surface area contributed by atoms with Crippen LogP contribution in [-0.4, -0.2) is 11.9 Å². The Morgan fingerprint density at radius 2 is 2.44 bits per heavy atom. The second-order valence-corrected chi connectivity index (χ2v) is 2.23. The van der Waals surface area contributed by atoms with E-state index in [9.17, 15) is 4.39 Å². The van der Waals surface area contributed by atoms with Gasteiger partial charge in [-0.15, -0.1) is 0 Å². The molecular weight excluding hydrogens is 121 g/mol. The molecule has 0 saturated heterocycles. The molecule has 1 aliphatic rings. The summed E-state index contributed by atoms with van der Waals surface area (Å²) in [5.74, 6) is 0.502. The van der Waals surface area contributed by atoms with Crippen LogP contribution in [-0.2, 0) is 4.84 Å². The van der Waals surface area contributed by atoms with Gasteiger partial charge in [0.05, 0.1) is 6.21 Å². The van der Waals surface area contributed by atoms with Gasteiger partial charge in [-0.3, -0.25) is 0 Å². The van der Waals surface area contributed by atoms with Gasteiger partial charge in [-0.1, -0.05) is 5.16 Å². The Labute approximate surface area is 53.0 Å². The van der Waals surface area contributed by atoms with Crippen LogP contribution >= 0.6 is 0 Å². The van der Waals surface area contributed by atoms with Crippen molar-refractivity contribution in [3.05, 3.63) is 11.8 Å². The van der Waals surface area contributed by atoms with Gasteiger partial charge >= 0.3 is 0 Å². The molecule has 1 aliphatic heterocycles. The van der Waals surface area contributed by atoms with E-state index in [1.807, 2.05) is 0 Å². The van der Waals surface area contributed by atoms with Crippen LogP contribution in [0, 0.1) is 0 Å². The van der Waals surface area contributed by atoms with Crippen LogP contribution in [0.4, 0.5) is 4.39 Å². The van der Waals surface area contributed by atoms with Crippen LogP contribution in [0.25, 0.3) is 0 Å². The summed E-state index contributed by atoms with van der Waals surface area (Å²) in [6.45, 7) is 3.08. The Hall–Kier alpha value is -0.860. The SMILES string of the molecule is CC1=CC(C)(F)C=NO1. The number of oxime groups is 1. The van der Waals surface area contributed by atoms with E-state index >= 15 is 0 Å². The third-order valence-electron chi connectivity index (χ3n) is 0.987. The lowest BCUT2D eigenvalue weighted by atomic mass is 10.1. The van der Waals surface area contributed by atoms with Crippen LogP contribution < -0.4 is 0 Å². The van der Waals surface area contributed by atoms with Crippen molar-refractivity contribution < 1.29 is 9.23 Å². The molecule has 0 radical (unpaired) electrons. The molecule has 1 atom stereocenters. The van der Waals surface area contributed by atoms with Crippen LogP contribution in [0.3, 0.4) is 0 Å². The van der Waals surface area contributed by atoms with Crippen LogP contribution in [0.2, 0.25) is 0 Å². The van der Waals surface area contributed by atoms with Crippen molar-refractivity contribution in [2.45, 2.75) is 19.5 Å². The van der Waals surface area contributed by atoms with Crippen molar-refractivity contribution >= 4 is 6.21 Å². The van der Waals surface area contributed by atoms with E-state index in [0.717, 1.165) is 6.21 Å². The molecule has 1 heterocycles. The van der Waals surface area contributed by atoms with Gasteiger partial charge in [-0.05, 0) is 19.9 Å². The molecule has 3 heteroatoms. The van der Waals surface area contributed by atoms with E-state index in [1.54, 1.807) is 6.92 Å². The quantitative estimate of drug-likeness (QED) is 0.487. The summed E-state index contributed by atoms with van der Waals surface area (Å²) in [4.78, 5) is 4.60. The molecule has 0 aliphatic carbocycles. The third kappa shape index (κ3) is 1.52. The third-order valence-corrected chi connectivity index (χ3v) is 0.987. The molecule has 0 saturated carbocycles. The lowest BCUT2D eigenvalue weighted by Crippen LogP contribution is -2.19. The molecular formula is C6H8FNO. The predicted octanol–water partition coefficient (Wildman–Crippen LogP) is 1.63. The van der Waals surface area contributed by atoms with E-state index in [4.69, 9.17) is 0 Å². The molecule has 9 heavy (non-hydrogen) atoms. The highest BCUT2D eigenvalue weighted by Crippen LogP contribution is 2.16. The summed E-state index contributed by atoms with van der Waals surface area (Å²) in [5, 5.41) is 3.34. The first-order valence-corrected chi connectivity index (χ1v) is 2.70. The number of nitrogens with zero attached hydrogens (tertiary/aromatic N) is 1. The second-order valence-electron chi connectivity index (χ2n) is 2.23. The molecule has 50 valence electrons. The van der Waals surface area contributed by atoms with E-state index in [2.05, 4.69) is 9.99 Å². The maximum Gasteiger partial charge on any atom is 0.168 e. The van der Waals surface area contributed by atoms with Gasteiger partial charge in [0, 0.05) is 0 Å². The summed E-state index contributed by atoms with van der Waals surface area (Å²) in [5.41, 5.74) is -1.43. The Bertz CT molecular complexity index is 172. The summed E-state index contributed by atoms with van der Waals surface area (Å²) in [7, 11) is 0. The molecule has 0 aromatic heterocycles. The molecule has 2 nitrogen and oxygen atoms in total. The zero-order chi connectivity index (χ0) is 6.91. The highest BCUT2D eigenvalue weighted by Gasteiger charge is 2.20. The van der Waals surface area contributed by atoms with E-state index in [0.29, 0.717) is 5.76 Å². The lowest BCUT2D eigenvalue weighted by molar-refractivity contribution is 0.201. The topological polar surface area (TPSA) is 21.6 Å². The van der Waals surface area contributed by atoms with Crippen molar-refractivity contribution in [3.63, 3.8) is 0 Å². The van der Waals surface area contributed by atoms with Gasteiger partial charge in [0.25, 0.3) is 0 Å². The van der Waals surface area contributed by atoms with Gasteiger partial charge in [0.1, 0.15) is 5.76 Å². The molecule has 0 spiro atoms. The predicted molar refractivity (Wildman–Crippen MR) is 32.8 cm³/mol. The van der Waals surface area contributed by atoms with Crippen molar-refractivity contribution in [1.82, 2.24) is 0 Å². The molecule has 1 unspecified atom stereocenters. The van der Waals surface area contributed by atoms with Gasteiger partial charge in [-0.2, -0.15) is 0 Å². The average Bonchev–Trinajstić information content (AvgIpc) is 1.60. The molecule has 0 fully saturated rings. The Balaban J connectivity index is 2.78. The number of alkyl halides is 1. The van der Waals surface area contributed by atoms with Gasteiger partial charge in [-0.25, -0.2) is 4.39 Å². The molecule has 0 amide bonds. The first-order chi connectivity index (χ1) is 4.10. The minimum atomic E-state index is -1.43.